The molecule has 0 bridgehead atoms. The lowest BCUT2D eigenvalue weighted by Crippen LogP contribution is -2.35. The molecule has 9 heteroatoms. The molecule has 3 heterocycles. The van der Waals surface area contributed by atoms with Crippen LogP contribution >= 0.6 is 11.6 Å². The van der Waals surface area contributed by atoms with E-state index >= 15 is 0 Å². The lowest BCUT2D eigenvalue weighted by Gasteiger charge is -2.25. The van der Waals surface area contributed by atoms with Gasteiger partial charge in [0, 0.05) is 46.0 Å². The van der Waals surface area contributed by atoms with Crippen LogP contribution in [0.5, 0.6) is 0 Å². The highest BCUT2D eigenvalue weighted by atomic mass is 35.5. The first-order valence-corrected chi connectivity index (χ1v) is 12.6. The number of benzene rings is 2. The Morgan fingerprint density at radius 3 is 2.42 bits per heavy atom. The van der Waals surface area contributed by atoms with Crippen molar-refractivity contribution in [2.75, 3.05) is 32.7 Å². The van der Waals surface area contributed by atoms with Crippen LogP contribution in [0.3, 0.4) is 0 Å². The molecule has 2 aliphatic rings. The summed E-state index contributed by atoms with van der Waals surface area (Å²) in [5.41, 5.74) is 1.42. The summed E-state index contributed by atoms with van der Waals surface area (Å²) >= 11 is 6.11. The summed E-state index contributed by atoms with van der Waals surface area (Å²) in [7, 11) is 1.79. The lowest BCUT2D eigenvalue weighted by molar-refractivity contribution is 0.0769. The molecule has 1 aromatic heterocycles. The number of halogens is 2. The molecule has 0 radical (unpaired) electrons. The monoisotopic (exact) mass is 509 g/mol. The van der Waals surface area contributed by atoms with Crippen LogP contribution in [0.4, 0.5) is 4.39 Å². The summed E-state index contributed by atoms with van der Waals surface area (Å²) in [6.07, 6.45) is 2.51. The molecule has 0 aliphatic carbocycles. The van der Waals surface area contributed by atoms with Gasteiger partial charge in [-0.05, 0) is 42.0 Å². The van der Waals surface area contributed by atoms with Gasteiger partial charge in [-0.3, -0.25) is 14.3 Å². The van der Waals surface area contributed by atoms with Crippen molar-refractivity contribution in [3.05, 3.63) is 88.5 Å². The molecule has 2 saturated heterocycles. The van der Waals surface area contributed by atoms with Gasteiger partial charge in [-0.15, -0.1) is 0 Å². The molecule has 0 saturated carbocycles. The number of nitrogens with one attached hydrogen (secondary N) is 1. The number of fused-ring (bicyclic) bond motifs is 1. The zero-order valence-electron chi connectivity index (χ0n) is 20.1. The maximum atomic E-state index is 14.2. The van der Waals surface area contributed by atoms with Crippen LogP contribution in [0.1, 0.15) is 38.9 Å². The van der Waals surface area contributed by atoms with E-state index < -0.39 is 5.82 Å². The number of likely N-dealkylation sites (tertiary alicyclic amines) is 2. The van der Waals surface area contributed by atoms with Crippen LogP contribution in [0.25, 0.3) is 0 Å². The number of hydrogen-bond acceptors (Lipinski definition) is 4. The first kappa shape index (κ1) is 24.5. The minimum atomic E-state index is -0.578. The topological polar surface area (TPSA) is 70.5 Å². The minimum absolute atomic E-state index is 0.0367. The molecule has 188 valence electrons. The van der Waals surface area contributed by atoms with Crippen LogP contribution in [0, 0.1) is 17.7 Å². The summed E-state index contributed by atoms with van der Waals surface area (Å²) in [5.74, 6) is -0.411. The number of aryl methyl sites for hydroxylation is 1. The van der Waals surface area contributed by atoms with Crippen molar-refractivity contribution in [1.82, 2.24) is 24.9 Å². The van der Waals surface area contributed by atoms with Gasteiger partial charge in [-0.25, -0.2) is 4.39 Å². The number of carbonyl (C=O) groups is 2. The SMILES string of the molecule is Cn1ccc(C(=O)NC(CCN2CC3CN(C(=O)c4c(F)cccc4Cl)C[C@@H]3C2)c2ccccc2)n1. The number of hydrogen-bond donors (Lipinski definition) is 1. The largest absolute Gasteiger partial charge is 0.344 e. The maximum Gasteiger partial charge on any atom is 0.272 e. The van der Waals surface area contributed by atoms with Gasteiger partial charge in [0.25, 0.3) is 11.8 Å². The second-order valence-electron chi connectivity index (χ2n) is 9.69. The number of rotatable bonds is 7. The second-order valence-corrected chi connectivity index (χ2v) is 10.1. The Bertz CT molecular complexity index is 1220. The van der Waals surface area contributed by atoms with Gasteiger partial charge in [0.2, 0.25) is 0 Å². The van der Waals surface area contributed by atoms with E-state index in [1.807, 2.05) is 30.3 Å². The Morgan fingerprint density at radius 2 is 1.78 bits per heavy atom. The molecule has 2 unspecified atom stereocenters. The van der Waals surface area contributed by atoms with E-state index in [1.165, 1.54) is 12.1 Å². The molecule has 0 spiro atoms. The van der Waals surface area contributed by atoms with E-state index in [4.69, 9.17) is 11.6 Å². The van der Waals surface area contributed by atoms with Crippen LogP contribution < -0.4 is 5.32 Å². The van der Waals surface area contributed by atoms with Gasteiger partial charge >= 0.3 is 0 Å². The van der Waals surface area contributed by atoms with E-state index in [-0.39, 0.29) is 28.4 Å². The van der Waals surface area contributed by atoms with Crippen molar-refractivity contribution in [3.8, 4) is 0 Å². The van der Waals surface area contributed by atoms with Gasteiger partial charge in [0.15, 0.2) is 0 Å². The molecule has 2 fully saturated rings. The predicted molar refractivity (Wildman–Crippen MR) is 135 cm³/mol. The molecule has 2 amide bonds. The maximum absolute atomic E-state index is 14.2. The lowest BCUT2D eigenvalue weighted by atomic mass is 10.0. The molecular weight excluding hydrogens is 481 g/mol. The predicted octanol–water partition coefficient (Wildman–Crippen LogP) is 3.78. The van der Waals surface area contributed by atoms with Gasteiger partial charge < -0.3 is 15.1 Å². The molecule has 1 N–H and O–H groups in total. The molecule has 2 aliphatic heterocycles. The van der Waals surface area contributed by atoms with Crippen molar-refractivity contribution >= 4 is 23.4 Å². The normalized spacial score (nSPS) is 20.4. The van der Waals surface area contributed by atoms with Crippen LogP contribution in [-0.2, 0) is 7.05 Å². The van der Waals surface area contributed by atoms with E-state index in [0.29, 0.717) is 30.6 Å². The molecule has 36 heavy (non-hydrogen) atoms. The van der Waals surface area contributed by atoms with E-state index in [2.05, 4.69) is 15.3 Å². The fourth-order valence-electron chi connectivity index (χ4n) is 5.39. The van der Waals surface area contributed by atoms with Crippen LogP contribution in [0.2, 0.25) is 5.02 Å². The third-order valence-corrected chi connectivity index (χ3v) is 7.53. The summed E-state index contributed by atoms with van der Waals surface area (Å²) in [6.45, 7) is 3.76. The molecule has 3 aromatic rings. The smallest absolute Gasteiger partial charge is 0.272 e. The van der Waals surface area contributed by atoms with Crippen molar-refractivity contribution in [2.45, 2.75) is 12.5 Å². The zero-order valence-corrected chi connectivity index (χ0v) is 20.9. The minimum Gasteiger partial charge on any atom is -0.344 e. The summed E-state index contributed by atoms with van der Waals surface area (Å²) in [4.78, 5) is 29.9. The zero-order chi connectivity index (χ0) is 25.2. The van der Waals surface area contributed by atoms with E-state index in [9.17, 15) is 14.0 Å². The van der Waals surface area contributed by atoms with Crippen molar-refractivity contribution < 1.29 is 14.0 Å². The molecular formula is C27H29ClFN5O2. The fourth-order valence-corrected chi connectivity index (χ4v) is 5.63. The Hall–Kier alpha value is -3.23. The number of amides is 2. The third kappa shape index (κ3) is 5.15. The first-order chi connectivity index (χ1) is 17.4. The van der Waals surface area contributed by atoms with Gasteiger partial charge in [0.05, 0.1) is 16.6 Å². The number of nitrogens with zero attached hydrogens (tertiary/aromatic N) is 4. The summed E-state index contributed by atoms with van der Waals surface area (Å²) in [6, 6.07) is 15.9. The van der Waals surface area contributed by atoms with Gasteiger partial charge in [-0.1, -0.05) is 48.0 Å². The number of carbonyl (C=O) groups excluding carboxylic acids is 2. The summed E-state index contributed by atoms with van der Waals surface area (Å²) in [5, 5.41) is 7.51. The molecule has 3 atom stereocenters. The van der Waals surface area contributed by atoms with Crippen molar-refractivity contribution in [2.24, 2.45) is 18.9 Å². The van der Waals surface area contributed by atoms with Gasteiger partial charge in [-0.2, -0.15) is 5.10 Å². The highest BCUT2D eigenvalue weighted by molar-refractivity contribution is 6.33. The number of aromatic nitrogens is 2. The Labute approximate surface area is 214 Å². The average molecular weight is 510 g/mol. The molecule has 7 nitrogen and oxygen atoms in total. The van der Waals surface area contributed by atoms with Crippen molar-refractivity contribution in [3.63, 3.8) is 0 Å². The Balaban J connectivity index is 1.19. The molecule has 5 rings (SSSR count). The first-order valence-electron chi connectivity index (χ1n) is 12.2. The highest BCUT2D eigenvalue weighted by Gasteiger charge is 2.42. The Morgan fingerprint density at radius 1 is 1.06 bits per heavy atom. The second kappa shape index (κ2) is 10.4. The van der Waals surface area contributed by atoms with Gasteiger partial charge in [0.1, 0.15) is 11.5 Å². The summed E-state index contributed by atoms with van der Waals surface area (Å²) < 4.78 is 15.9. The van der Waals surface area contributed by atoms with Crippen LogP contribution in [-0.4, -0.2) is 64.1 Å². The molecule has 2 aromatic carbocycles. The Kier molecular flexibility index (Phi) is 7.07. The average Bonchev–Trinajstić information content (AvgIpc) is 3.57. The highest BCUT2D eigenvalue weighted by Crippen LogP contribution is 2.33. The van der Waals surface area contributed by atoms with Crippen molar-refractivity contribution in [1.29, 1.82) is 0 Å². The van der Waals surface area contributed by atoms with Crippen LogP contribution in [0.15, 0.2) is 60.8 Å². The van der Waals surface area contributed by atoms with E-state index in [0.717, 1.165) is 31.6 Å². The fraction of sp³-hybridized carbons (Fsp3) is 0.370. The quantitative estimate of drug-likeness (QED) is 0.526. The van der Waals surface area contributed by atoms with E-state index in [1.54, 1.807) is 35.0 Å². The third-order valence-electron chi connectivity index (χ3n) is 7.21. The standard InChI is InChI=1S/C27H29ClFN5O2/c1-32-12-10-24(31-32)26(35)30-23(18-6-3-2-4-7-18)11-13-33-14-19-16-34(17-20(19)15-33)27(36)25-21(28)8-5-9-22(25)29/h2-10,12,19-20,23H,11,13-17H2,1H3,(H,30,35)/t19-,20?,23?/m0/s1.